The van der Waals surface area contributed by atoms with Crippen molar-refractivity contribution in [2.75, 3.05) is 0 Å². The van der Waals surface area contributed by atoms with Gasteiger partial charge >= 0.3 is 0 Å². The van der Waals surface area contributed by atoms with Crippen molar-refractivity contribution in [3.8, 4) is 22.8 Å². The molecule has 1 aliphatic carbocycles. The molecule has 0 N–H and O–H groups in total. The van der Waals surface area contributed by atoms with Crippen LogP contribution in [-0.4, -0.2) is 0 Å². The van der Waals surface area contributed by atoms with Crippen molar-refractivity contribution >= 4 is 32.3 Å². The molecule has 0 amide bonds. The highest BCUT2D eigenvalue weighted by atomic mass is 16.5. The predicted molar refractivity (Wildman–Crippen MR) is 159 cm³/mol. The molecule has 0 unspecified atom stereocenters. The van der Waals surface area contributed by atoms with Crippen molar-refractivity contribution in [3.63, 3.8) is 0 Å². The van der Waals surface area contributed by atoms with Crippen LogP contribution in [0.1, 0.15) is 68.7 Å². The first kappa shape index (κ1) is 23.7. The molecule has 1 saturated carbocycles. The molecule has 1 fully saturated rings. The van der Waals surface area contributed by atoms with Crippen LogP contribution in [0.15, 0.2) is 54.7 Å². The SMILES string of the molecule is Cc1ccc2c(C(C)(C)C)c3c(c(C)c2c1)-c1c2c(cc4c(CC5CCCC5)cccc4c2cc[n+]1C)O3. The van der Waals surface area contributed by atoms with E-state index in [9.17, 15) is 0 Å². The number of rotatable bonds is 2. The van der Waals surface area contributed by atoms with Crippen molar-refractivity contribution in [2.24, 2.45) is 13.0 Å². The van der Waals surface area contributed by atoms with Gasteiger partial charge in [0.2, 0.25) is 5.69 Å². The summed E-state index contributed by atoms with van der Waals surface area (Å²) >= 11 is 0. The Bertz CT molecular complexity index is 1780. The molecule has 4 aromatic carbocycles. The van der Waals surface area contributed by atoms with E-state index < -0.39 is 0 Å². The van der Waals surface area contributed by atoms with Crippen LogP contribution in [0.25, 0.3) is 43.6 Å². The summed E-state index contributed by atoms with van der Waals surface area (Å²) in [5.74, 6) is 2.85. The number of aryl methyl sites for hydroxylation is 3. The summed E-state index contributed by atoms with van der Waals surface area (Å²) in [6, 6.07) is 18.5. The normalized spacial score (nSPS) is 15.4. The summed E-state index contributed by atoms with van der Waals surface area (Å²) in [5.41, 5.74) is 7.81. The van der Waals surface area contributed by atoms with E-state index in [0.717, 1.165) is 17.4 Å². The zero-order chi connectivity index (χ0) is 26.3. The number of benzene rings is 4. The number of nitrogens with zero attached hydrogens (tertiary/aromatic N) is 1. The summed E-state index contributed by atoms with van der Waals surface area (Å²) in [6.07, 6.45) is 8.90. The first-order valence-corrected chi connectivity index (χ1v) is 14.3. The van der Waals surface area contributed by atoms with E-state index >= 15 is 0 Å². The lowest BCUT2D eigenvalue weighted by atomic mass is 9.78. The van der Waals surface area contributed by atoms with E-state index in [4.69, 9.17) is 4.74 Å². The summed E-state index contributed by atoms with van der Waals surface area (Å²) in [7, 11) is 2.19. The van der Waals surface area contributed by atoms with Gasteiger partial charge < -0.3 is 4.74 Å². The van der Waals surface area contributed by atoms with E-state index in [2.05, 4.69) is 101 Å². The van der Waals surface area contributed by atoms with E-state index in [-0.39, 0.29) is 5.41 Å². The van der Waals surface area contributed by atoms with Gasteiger partial charge in [0.15, 0.2) is 6.20 Å². The summed E-state index contributed by atoms with van der Waals surface area (Å²) in [4.78, 5) is 0. The number of aromatic nitrogens is 1. The fraction of sp³-hybridized carbons (Fsp3) is 0.361. The lowest BCUT2D eigenvalue weighted by Gasteiger charge is -2.31. The second-order valence-electron chi connectivity index (χ2n) is 12.9. The van der Waals surface area contributed by atoms with Gasteiger partial charge in [-0.3, -0.25) is 0 Å². The Hall–Kier alpha value is -3.39. The van der Waals surface area contributed by atoms with Crippen molar-refractivity contribution in [1.82, 2.24) is 0 Å². The van der Waals surface area contributed by atoms with Crippen molar-refractivity contribution in [1.29, 1.82) is 0 Å². The van der Waals surface area contributed by atoms with Gasteiger partial charge in [-0.1, -0.05) is 88.4 Å². The molecule has 7 rings (SSSR count). The van der Waals surface area contributed by atoms with Gasteiger partial charge in [0.1, 0.15) is 18.5 Å². The Morgan fingerprint density at radius 1 is 0.868 bits per heavy atom. The fourth-order valence-corrected chi connectivity index (χ4v) is 7.41. The molecule has 2 nitrogen and oxygen atoms in total. The summed E-state index contributed by atoms with van der Waals surface area (Å²) in [5, 5.41) is 7.88. The largest absolute Gasteiger partial charge is 0.455 e. The molecule has 0 atom stereocenters. The highest BCUT2D eigenvalue weighted by Crippen LogP contribution is 2.54. The van der Waals surface area contributed by atoms with Crippen LogP contribution in [-0.2, 0) is 18.9 Å². The molecule has 2 heterocycles. The fourth-order valence-electron chi connectivity index (χ4n) is 7.41. The monoisotopic (exact) mass is 500 g/mol. The van der Waals surface area contributed by atoms with Gasteiger partial charge in [0.25, 0.3) is 0 Å². The number of hydrogen-bond acceptors (Lipinski definition) is 1. The van der Waals surface area contributed by atoms with Gasteiger partial charge in [-0.15, -0.1) is 0 Å². The quantitative estimate of drug-likeness (QED) is 0.170. The second-order valence-corrected chi connectivity index (χ2v) is 12.9. The maximum absolute atomic E-state index is 7.10. The van der Waals surface area contributed by atoms with Crippen LogP contribution >= 0.6 is 0 Å². The Balaban J connectivity index is 1.60. The number of hydrogen-bond donors (Lipinski definition) is 0. The van der Waals surface area contributed by atoms with Crippen LogP contribution in [0.3, 0.4) is 0 Å². The lowest BCUT2D eigenvalue weighted by Crippen LogP contribution is -2.32. The maximum Gasteiger partial charge on any atom is 0.228 e. The number of pyridine rings is 1. The van der Waals surface area contributed by atoms with Crippen LogP contribution in [0.2, 0.25) is 0 Å². The molecule has 2 aliphatic rings. The Morgan fingerprint density at radius 3 is 2.42 bits per heavy atom. The van der Waals surface area contributed by atoms with Gasteiger partial charge in [-0.2, -0.15) is 0 Å². The molecule has 1 aromatic heterocycles. The van der Waals surface area contributed by atoms with Crippen molar-refractivity contribution in [2.45, 2.75) is 72.1 Å². The third-order valence-electron chi connectivity index (χ3n) is 9.19. The predicted octanol–water partition coefficient (Wildman–Crippen LogP) is 9.39. The third-order valence-corrected chi connectivity index (χ3v) is 9.19. The van der Waals surface area contributed by atoms with E-state index in [1.165, 1.54) is 97.9 Å². The molecular formula is C36H38NO+. The number of ether oxygens (including phenoxy) is 1. The minimum absolute atomic E-state index is 0.0697. The van der Waals surface area contributed by atoms with E-state index in [1.54, 1.807) is 0 Å². The first-order chi connectivity index (χ1) is 18.2. The Kier molecular flexibility index (Phi) is 5.18. The molecular weight excluding hydrogens is 462 g/mol. The molecule has 2 heteroatoms. The minimum Gasteiger partial charge on any atom is -0.455 e. The van der Waals surface area contributed by atoms with Gasteiger partial charge in [-0.05, 0) is 70.3 Å². The topological polar surface area (TPSA) is 13.1 Å². The summed E-state index contributed by atoms with van der Waals surface area (Å²) in [6.45, 7) is 11.4. The van der Waals surface area contributed by atoms with Crippen LogP contribution in [0.5, 0.6) is 11.5 Å². The van der Waals surface area contributed by atoms with E-state index in [0.29, 0.717) is 0 Å². The highest BCUT2D eigenvalue weighted by Gasteiger charge is 2.36. The molecule has 0 radical (unpaired) electrons. The Labute approximate surface area is 226 Å². The van der Waals surface area contributed by atoms with Gasteiger partial charge in [0.05, 0.1) is 10.9 Å². The lowest BCUT2D eigenvalue weighted by molar-refractivity contribution is -0.659. The summed E-state index contributed by atoms with van der Waals surface area (Å²) < 4.78 is 9.41. The molecule has 192 valence electrons. The van der Waals surface area contributed by atoms with Crippen molar-refractivity contribution in [3.05, 3.63) is 77.0 Å². The van der Waals surface area contributed by atoms with Gasteiger partial charge in [0, 0.05) is 17.0 Å². The number of fused-ring (bicyclic) bond motifs is 5. The van der Waals surface area contributed by atoms with Crippen LogP contribution in [0.4, 0.5) is 0 Å². The minimum atomic E-state index is -0.0697. The first-order valence-electron chi connectivity index (χ1n) is 14.3. The molecule has 0 bridgehead atoms. The maximum atomic E-state index is 7.10. The molecule has 5 aromatic rings. The standard InChI is InChI=1S/C36H38NO/c1-21-14-15-27-28(18-21)22(2)31-34-32-26(16-17-37(34)6)25-13-9-12-24(19-23-10-7-8-11-23)29(25)20-30(32)38-35(31)33(27)36(3,4)5/h9,12-18,20,23H,7-8,10-11,19H2,1-6H3/q+1. The molecule has 38 heavy (non-hydrogen) atoms. The second kappa shape index (κ2) is 8.30. The molecule has 0 spiro atoms. The van der Waals surface area contributed by atoms with Gasteiger partial charge in [-0.25, -0.2) is 4.57 Å². The smallest absolute Gasteiger partial charge is 0.228 e. The third kappa shape index (κ3) is 3.42. The Morgan fingerprint density at radius 2 is 1.66 bits per heavy atom. The van der Waals surface area contributed by atoms with E-state index in [1.807, 2.05) is 0 Å². The molecule has 0 saturated heterocycles. The zero-order valence-corrected chi connectivity index (χ0v) is 23.7. The zero-order valence-electron chi connectivity index (χ0n) is 23.7. The van der Waals surface area contributed by atoms with Crippen molar-refractivity contribution < 1.29 is 9.30 Å². The average molecular weight is 501 g/mol. The van der Waals surface area contributed by atoms with Crippen LogP contribution < -0.4 is 9.30 Å². The average Bonchev–Trinajstić information content (AvgIpc) is 3.38. The highest BCUT2D eigenvalue weighted by molar-refractivity contribution is 6.17. The molecule has 1 aliphatic heterocycles. The van der Waals surface area contributed by atoms with Crippen LogP contribution in [0, 0.1) is 19.8 Å².